The van der Waals surface area contributed by atoms with Crippen LogP contribution in [-0.4, -0.2) is 64.9 Å². The Morgan fingerprint density at radius 1 is 0.889 bits per heavy atom. The van der Waals surface area contributed by atoms with Gasteiger partial charge in [0.15, 0.2) is 6.10 Å². The summed E-state index contributed by atoms with van der Waals surface area (Å²) in [5.74, 6) is -5.73. The van der Waals surface area contributed by atoms with Crippen molar-refractivity contribution in [1.29, 1.82) is 0 Å². The number of carbonyl (C=O) groups excluding carboxylic acids is 3. The van der Waals surface area contributed by atoms with Crippen LogP contribution >= 0.6 is 0 Å². The Kier molecular flexibility index (Phi) is 10.2. The zero-order valence-electron chi connectivity index (χ0n) is 15.3. The van der Waals surface area contributed by atoms with Crippen LogP contribution < -0.4 is 0 Å². The predicted octanol–water partition coefficient (Wildman–Crippen LogP) is 0.00230. The van der Waals surface area contributed by atoms with Gasteiger partial charge in [0.05, 0.1) is 19.8 Å². The Labute approximate surface area is 157 Å². The van der Waals surface area contributed by atoms with Gasteiger partial charge < -0.3 is 29.5 Å². The third-order valence-corrected chi connectivity index (χ3v) is 3.88. The Morgan fingerprint density at radius 3 is 1.59 bits per heavy atom. The van der Waals surface area contributed by atoms with Crippen molar-refractivity contribution < 1.29 is 43.9 Å². The fourth-order valence-corrected chi connectivity index (χ4v) is 2.35. The van der Waals surface area contributed by atoms with E-state index in [1.165, 1.54) is 0 Å². The van der Waals surface area contributed by atoms with Crippen LogP contribution in [0, 0.1) is 5.41 Å². The minimum atomic E-state index is -2.57. The summed E-state index contributed by atoms with van der Waals surface area (Å²) in [5.41, 5.74) is -2.12. The number of esters is 3. The van der Waals surface area contributed by atoms with Crippen molar-refractivity contribution >= 4 is 17.9 Å². The van der Waals surface area contributed by atoms with Gasteiger partial charge in [-0.3, -0.25) is 0 Å². The molecule has 0 radical (unpaired) electrons. The molecule has 0 fully saturated rings. The van der Waals surface area contributed by atoms with Crippen molar-refractivity contribution in [3.05, 3.63) is 38.0 Å². The highest BCUT2D eigenvalue weighted by molar-refractivity contribution is 5.84. The largest absolute Gasteiger partial charge is 0.451 e. The van der Waals surface area contributed by atoms with Crippen molar-refractivity contribution in [2.75, 3.05) is 19.8 Å². The smallest absolute Gasteiger partial charge is 0.333 e. The summed E-state index contributed by atoms with van der Waals surface area (Å²) in [6.45, 7) is 8.48. The average Bonchev–Trinajstić information content (AvgIpc) is 2.68. The standard InChI is InChI=1S/C18H26O9/c1-5-9-13(25-14(22)6-2)18(26-15(23)7-3,27-16(24)8-4)17(10-19,11-20)12-21/h6-8,13,19-21H,2-5,9-12H2,1H3. The van der Waals surface area contributed by atoms with E-state index < -0.39 is 55.0 Å². The van der Waals surface area contributed by atoms with E-state index in [0.717, 1.165) is 18.2 Å². The SMILES string of the molecule is C=CC(=O)OC(CCC)C(OC(=O)C=C)(OC(=O)C=C)C(CO)(CO)CO. The molecule has 0 rings (SSSR count). The molecule has 0 aliphatic rings. The number of aliphatic hydroxyl groups is 3. The number of carbonyl (C=O) groups is 3. The van der Waals surface area contributed by atoms with Crippen molar-refractivity contribution in [2.24, 2.45) is 5.41 Å². The first-order valence-electron chi connectivity index (χ1n) is 8.12. The molecule has 0 aromatic rings. The zero-order chi connectivity index (χ0) is 21.1. The third-order valence-electron chi connectivity index (χ3n) is 3.88. The Balaban J connectivity index is 6.76. The summed E-state index contributed by atoms with van der Waals surface area (Å²) in [6, 6.07) is 0. The first kappa shape index (κ1) is 24.5. The molecule has 0 heterocycles. The summed E-state index contributed by atoms with van der Waals surface area (Å²) in [4.78, 5) is 35.8. The summed E-state index contributed by atoms with van der Waals surface area (Å²) in [5, 5.41) is 29.6. The Morgan fingerprint density at radius 2 is 1.30 bits per heavy atom. The van der Waals surface area contributed by atoms with E-state index in [-0.39, 0.29) is 6.42 Å². The molecule has 1 unspecified atom stereocenters. The van der Waals surface area contributed by atoms with Gasteiger partial charge in [0.25, 0.3) is 0 Å². The van der Waals surface area contributed by atoms with Crippen LogP contribution in [-0.2, 0) is 28.6 Å². The number of rotatable bonds is 13. The van der Waals surface area contributed by atoms with Gasteiger partial charge in [-0.15, -0.1) is 0 Å². The maximum atomic E-state index is 12.0. The summed E-state index contributed by atoms with van der Waals surface area (Å²) >= 11 is 0. The molecule has 0 aliphatic heterocycles. The van der Waals surface area contributed by atoms with E-state index >= 15 is 0 Å². The quantitative estimate of drug-likeness (QED) is 0.227. The zero-order valence-corrected chi connectivity index (χ0v) is 15.3. The van der Waals surface area contributed by atoms with Crippen LogP contribution in [0.15, 0.2) is 38.0 Å². The average molecular weight is 386 g/mol. The van der Waals surface area contributed by atoms with E-state index in [2.05, 4.69) is 19.7 Å². The molecular formula is C18H26O9. The Hall–Kier alpha value is -2.49. The van der Waals surface area contributed by atoms with Crippen molar-refractivity contribution in [1.82, 2.24) is 0 Å². The van der Waals surface area contributed by atoms with Gasteiger partial charge in [0.1, 0.15) is 5.41 Å². The molecule has 152 valence electrons. The second kappa shape index (κ2) is 11.3. The third kappa shape index (κ3) is 5.49. The highest BCUT2D eigenvalue weighted by Gasteiger charge is 2.63. The normalized spacial score (nSPS) is 12.4. The fraction of sp³-hybridized carbons (Fsp3) is 0.500. The fourth-order valence-electron chi connectivity index (χ4n) is 2.35. The monoisotopic (exact) mass is 386 g/mol. The molecule has 9 heteroatoms. The van der Waals surface area contributed by atoms with E-state index in [1.54, 1.807) is 6.92 Å². The summed E-state index contributed by atoms with van der Waals surface area (Å²) in [6.07, 6.45) is 1.16. The number of hydrogen-bond acceptors (Lipinski definition) is 9. The molecule has 0 aromatic heterocycles. The van der Waals surface area contributed by atoms with Gasteiger partial charge >= 0.3 is 23.7 Å². The molecule has 0 amide bonds. The molecule has 0 saturated carbocycles. The summed E-state index contributed by atoms with van der Waals surface area (Å²) in [7, 11) is 0. The maximum absolute atomic E-state index is 12.0. The lowest BCUT2D eigenvalue weighted by Gasteiger charge is -2.48. The van der Waals surface area contributed by atoms with E-state index in [9.17, 15) is 29.7 Å². The minimum Gasteiger partial charge on any atom is -0.451 e. The predicted molar refractivity (Wildman–Crippen MR) is 94.0 cm³/mol. The van der Waals surface area contributed by atoms with Gasteiger partial charge in [0, 0.05) is 18.2 Å². The minimum absolute atomic E-state index is 0.0177. The van der Waals surface area contributed by atoms with Crippen LogP contribution in [0.1, 0.15) is 19.8 Å². The highest BCUT2D eigenvalue weighted by Crippen LogP contribution is 2.42. The van der Waals surface area contributed by atoms with E-state index in [4.69, 9.17) is 14.2 Å². The van der Waals surface area contributed by atoms with Crippen molar-refractivity contribution in [2.45, 2.75) is 31.7 Å². The topological polar surface area (TPSA) is 140 Å². The van der Waals surface area contributed by atoms with Gasteiger partial charge in [-0.2, -0.15) is 0 Å². The highest BCUT2D eigenvalue weighted by atomic mass is 16.8. The molecule has 0 aromatic carbocycles. The second-order valence-electron chi connectivity index (χ2n) is 5.59. The van der Waals surface area contributed by atoms with Crippen LogP contribution in [0.25, 0.3) is 0 Å². The van der Waals surface area contributed by atoms with Crippen molar-refractivity contribution in [3.63, 3.8) is 0 Å². The van der Waals surface area contributed by atoms with Gasteiger partial charge in [-0.25, -0.2) is 14.4 Å². The lowest BCUT2D eigenvalue weighted by molar-refractivity contribution is -0.324. The first-order chi connectivity index (χ1) is 12.8. The van der Waals surface area contributed by atoms with E-state index in [0.29, 0.717) is 6.42 Å². The van der Waals surface area contributed by atoms with E-state index in [1.807, 2.05) is 0 Å². The molecular weight excluding hydrogens is 360 g/mol. The summed E-state index contributed by atoms with van der Waals surface area (Å²) < 4.78 is 15.6. The van der Waals surface area contributed by atoms with Gasteiger partial charge in [-0.1, -0.05) is 33.1 Å². The lowest BCUT2D eigenvalue weighted by Crippen LogP contribution is -2.66. The molecule has 27 heavy (non-hydrogen) atoms. The van der Waals surface area contributed by atoms with Crippen LogP contribution in [0.5, 0.6) is 0 Å². The van der Waals surface area contributed by atoms with Crippen LogP contribution in [0.2, 0.25) is 0 Å². The first-order valence-corrected chi connectivity index (χ1v) is 8.12. The maximum Gasteiger partial charge on any atom is 0.333 e. The molecule has 0 bridgehead atoms. The molecule has 9 nitrogen and oxygen atoms in total. The lowest BCUT2D eigenvalue weighted by atomic mass is 9.76. The number of hydrogen-bond donors (Lipinski definition) is 3. The number of aliphatic hydroxyl groups excluding tert-OH is 3. The van der Waals surface area contributed by atoms with Crippen LogP contribution in [0.4, 0.5) is 0 Å². The molecule has 0 saturated heterocycles. The van der Waals surface area contributed by atoms with Crippen LogP contribution in [0.3, 0.4) is 0 Å². The van der Waals surface area contributed by atoms with Gasteiger partial charge in [0.2, 0.25) is 0 Å². The van der Waals surface area contributed by atoms with Crippen molar-refractivity contribution in [3.8, 4) is 0 Å². The molecule has 0 aliphatic carbocycles. The Bertz CT molecular complexity index is 533. The molecule has 1 atom stereocenters. The molecule has 0 spiro atoms. The number of ether oxygens (including phenoxy) is 3. The second-order valence-corrected chi connectivity index (χ2v) is 5.59. The molecule has 3 N–H and O–H groups in total. The van der Waals surface area contributed by atoms with Gasteiger partial charge in [-0.05, 0) is 6.42 Å².